The molecule has 0 heterocycles. The molecule has 2 saturated carbocycles. The fourth-order valence-electron chi connectivity index (χ4n) is 1.81. The van der Waals surface area contributed by atoms with Gasteiger partial charge in [0.2, 0.25) is 0 Å². The number of aliphatic hydroxyl groups is 2. The van der Waals surface area contributed by atoms with Crippen molar-refractivity contribution in [3.05, 3.63) is 0 Å². The van der Waals surface area contributed by atoms with Gasteiger partial charge in [-0.15, -0.1) is 0 Å². The fourth-order valence-corrected chi connectivity index (χ4v) is 1.81. The van der Waals surface area contributed by atoms with Gasteiger partial charge in [0.05, 0.1) is 12.2 Å². The van der Waals surface area contributed by atoms with E-state index in [1.54, 1.807) is 0 Å². The molecule has 2 aliphatic rings. The molecule has 0 aromatic rings. The van der Waals surface area contributed by atoms with Gasteiger partial charge in [-0.2, -0.15) is 0 Å². The topological polar surface area (TPSA) is 115 Å². The molecule has 0 unspecified atom stereocenters. The average molecular weight is 262 g/mol. The normalized spacial score (nSPS) is 19.4. The summed E-state index contributed by atoms with van der Waals surface area (Å²) >= 11 is 0. The molecule has 6 nitrogen and oxygen atoms in total. The molecule has 4 N–H and O–H groups in total. The van der Waals surface area contributed by atoms with Gasteiger partial charge in [0.25, 0.3) is 0 Å². The Balaban J connectivity index is 0.000000241. The second kappa shape index (κ2) is 9.85. The molecule has 2 aliphatic carbocycles. The van der Waals surface area contributed by atoms with Crippen molar-refractivity contribution in [3.63, 3.8) is 0 Å². The highest BCUT2D eigenvalue weighted by Crippen LogP contribution is 2.16. The van der Waals surface area contributed by atoms with Crippen molar-refractivity contribution in [2.75, 3.05) is 0 Å². The summed E-state index contributed by atoms with van der Waals surface area (Å²) in [6, 6.07) is 0. The Hall–Kier alpha value is -1.14. The van der Waals surface area contributed by atoms with Crippen molar-refractivity contribution in [1.29, 1.82) is 0 Å². The van der Waals surface area contributed by atoms with Crippen LogP contribution in [0.1, 0.15) is 51.4 Å². The third-order valence-electron chi connectivity index (χ3n) is 2.83. The first-order valence-electron chi connectivity index (χ1n) is 6.25. The number of carboxylic acids is 2. The van der Waals surface area contributed by atoms with Gasteiger partial charge in [-0.05, 0) is 25.7 Å². The molecule has 0 radical (unpaired) electrons. The van der Waals surface area contributed by atoms with Crippen molar-refractivity contribution in [1.82, 2.24) is 0 Å². The predicted octanol–water partition coefficient (Wildman–Crippen LogP) is 0.998. The maximum Gasteiger partial charge on any atom is 0.414 e. The van der Waals surface area contributed by atoms with Gasteiger partial charge in [-0.3, -0.25) is 0 Å². The second-order valence-electron chi connectivity index (χ2n) is 4.49. The number of hydrogen-bond donors (Lipinski definition) is 4. The zero-order valence-corrected chi connectivity index (χ0v) is 10.4. The lowest BCUT2D eigenvalue weighted by atomic mass is 10.3. The molecule has 18 heavy (non-hydrogen) atoms. The van der Waals surface area contributed by atoms with E-state index in [1.165, 1.54) is 25.7 Å². The summed E-state index contributed by atoms with van der Waals surface area (Å²) in [5, 5.41) is 32.2. The second-order valence-corrected chi connectivity index (χ2v) is 4.49. The molecule has 0 spiro atoms. The predicted molar refractivity (Wildman–Crippen MR) is 64.2 cm³/mol. The minimum atomic E-state index is -1.82. The molecule has 0 saturated heterocycles. The Morgan fingerprint density at radius 1 is 0.667 bits per heavy atom. The van der Waals surface area contributed by atoms with E-state index in [4.69, 9.17) is 30.0 Å². The van der Waals surface area contributed by atoms with Crippen LogP contribution in [0.5, 0.6) is 0 Å². The number of rotatable bonds is 0. The van der Waals surface area contributed by atoms with Crippen LogP contribution in [-0.4, -0.2) is 44.6 Å². The van der Waals surface area contributed by atoms with E-state index in [0.29, 0.717) is 0 Å². The van der Waals surface area contributed by atoms with E-state index in [2.05, 4.69) is 0 Å². The van der Waals surface area contributed by atoms with Crippen LogP contribution >= 0.6 is 0 Å². The van der Waals surface area contributed by atoms with E-state index in [9.17, 15) is 0 Å². The molecular weight excluding hydrogens is 240 g/mol. The lowest BCUT2D eigenvalue weighted by Crippen LogP contribution is -2.09. The summed E-state index contributed by atoms with van der Waals surface area (Å²) in [6.07, 6.45) is 9.21. The maximum absolute atomic E-state index is 9.10. The first-order valence-corrected chi connectivity index (χ1v) is 6.25. The molecule has 6 heteroatoms. The highest BCUT2D eigenvalue weighted by Gasteiger charge is 2.09. The van der Waals surface area contributed by atoms with Gasteiger partial charge in [0.15, 0.2) is 0 Å². The molecule has 0 aromatic heterocycles. The Morgan fingerprint density at radius 2 is 0.889 bits per heavy atom. The van der Waals surface area contributed by atoms with Crippen molar-refractivity contribution < 1.29 is 30.0 Å². The van der Waals surface area contributed by atoms with E-state index in [1.807, 2.05) is 0 Å². The van der Waals surface area contributed by atoms with Crippen LogP contribution in [0.15, 0.2) is 0 Å². The van der Waals surface area contributed by atoms with Gasteiger partial charge >= 0.3 is 11.9 Å². The third-order valence-corrected chi connectivity index (χ3v) is 2.83. The van der Waals surface area contributed by atoms with Crippen molar-refractivity contribution in [3.8, 4) is 0 Å². The molecular formula is C12H22O6. The van der Waals surface area contributed by atoms with Crippen molar-refractivity contribution >= 4 is 11.9 Å². The van der Waals surface area contributed by atoms with Gasteiger partial charge in [-0.25, -0.2) is 9.59 Å². The lowest BCUT2D eigenvalue weighted by molar-refractivity contribution is -0.159. The highest BCUT2D eigenvalue weighted by molar-refractivity contribution is 6.27. The number of aliphatic carboxylic acids is 2. The highest BCUT2D eigenvalue weighted by atomic mass is 16.4. The SMILES string of the molecule is O=C(O)C(=O)O.OC1CCCC1.OC1CCCC1. The zero-order valence-electron chi connectivity index (χ0n) is 10.4. The first kappa shape index (κ1) is 16.9. The van der Waals surface area contributed by atoms with Crippen LogP contribution in [0.25, 0.3) is 0 Å². The Bertz CT molecular complexity index is 215. The molecule has 0 amide bonds. The molecule has 0 aliphatic heterocycles. The number of aliphatic hydroxyl groups excluding tert-OH is 2. The number of carbonyl (C=O) groups is 2. The average Bonchev–Trinajstić information content (AvgIpc) is 2.93. The molecule has 2 fully saturated rings. The van der Waals surface area contributed by atoms with Gasteiger partial charge in [0.1, 0.15) is 0 Å². The summed E-state index contributed by atoms with van der Waals surface area (Å²) in [7, 11) is 0. The van der Waals surface area contributed by atoms with Crippen molar-refractivity contribution in [2.24, 2.45) is 0 Å². The minimum Gasteiger partial charge on any atom is -0.473 e. The van der Waals surface area contributed by atoms with E-state index < -0.39 is 11.9 Å². The maximum atomic E-state index is 9.10. The van der Waals surface area contributed by atoms with Gasteiger partial charge in [-0.1, -0.05) is 25.7 Å². The summed E-state index contributed by atoms with van der Waals surface area (Å²) in [4.78, 5) is 18.2. The first-order chi connectivity index (χ1) is 8.43. The van der Waals surface area contributed by atoms with E-state index in [0.717, 1.165) is 25.7 Å². The van der Waals surface area contributed by atoms with Gasteiger partial charge in [0, 0.05) is 0 Å². The van der Waals surface area contributed by atoms with Crippen LogP contribution in [0.3, 0.4) is 0 Å². The van der Waals surface area contributed by atoms with E-state index in [-0.39, 0.29) is 12.2 Å². The summed E-state index contributed by atoms with van der Waals surface area (Å²) < 4.78 is 0. The summed E-state index contributed by atoms with van der Waals surface area (Å²) in [5.41, 5.74) is 0. The lowest BCUT2D eigenvalue weighted by Gasteiger charge is -1.91. The number of carboxylic acid groups (broad SMARTS) is 2. The summed E-state index contributed by atoms with van der Waals surface area (Å²) in [5.74, 6) is -3.65. The van der Waals surface area contributed by atoms with Crippen LogP contribution in [0, 0.1) is 0 Å². The Labute approximate surface area is 106 Å². The zero-order chi connectivity index (χ0) is 14.0. The Kier molecular flexibility index (Phi) is 9.22. The van der Waals surface area contributed by atoms with E-state index >= 15 is 0 Å². The molecule has 0 bridgehead atoms. The quantitative estimate of drug-likeness (QED) is 0.484. The van der Waals surface area contributed by atoms with Crippen LogP contribution < -0.4 is 0 Å². The fraction of sp³-hybridized carbons (Fsp3) is 0.833. The van der Waals surface area contributed by atoms with Crippen LogP contribution in [-0.2, 0) is 9.59 Å². The minimum absolute atomic E-state index is 0.0463. The third kappa shape index (κ3) is 10.0. The van der Waals surface area contributed by atoms with Gasteiger partial charge < -0.3 is 20.4 Å². The monoisotopic (exact) mass is 262 g/mol. The molecule has 0 atom stereocenters. The molecule has 2 rings (SSSR count). The standard InChI is InChI=1S/2C5H10O.C2H2O4/c2*6-5-3-1-2-4-5;3-1(4)2(5)6/h2*5-6H,1-4H2;(H,3,4)(H,5,6). The van der Waals surface area contributed by atoms with Crippen molar-refractivity contribution in [2.45, 2.75) is 63.6 Å². The number of hydrogen-bond acceptors (Lipinski definition) is 4. The van der Waals surface area contributed by atoms with Crippen LogP contribution in [0.2, 0.25) is 0 Å². The largest absolute Gasteiger partial charge is 0.473 e. The van der Waals surface area contributed by atoms with Crippen LogP contribution in [0.4, 0.5) is 0 Å². The molecule has 0 aromatic carbocycles. The molecule has 106 valence electrons. The smallest absolute Gasteiger partial charge is 0.414 e. The Morgan fingerprint density at radius 3 is 0.944 bits per heavy atom. The summed E-state index contributed by atoms with van der Waals surface area (Å²) in [6.45, 7) is 0.